The molecule has 4 aromatic carbocycles. The molecule has 38 heteroatoms. The number of carboxylic acids is 4. The van der Waals surface area contributed by atoms with Crippen LogP contribution in [0.15, 0.2) is 0 Å². The predicted molar refractivity (Wildman–Crippen MR) is 436 cm³/mol. The molecule has 16 bridgehead atoms. The fourth-order valence-corrected chi connectivity index (χ4v) is 31.1. The molecule has 4 N–H and O–H groups in total. The van der Waals surface area contributed by atoms with E-state index in [0.29, 0.717) is 148 Å². The van der Waals surface area contributed by atoms with Crippen LogP contribution >= 0.6 is 186 Å². The number of carbonyl (C=O) groups is 12. The summed E-state index contributed by atoms with van der Waals surface area (Å²) in [5.41, 5.74) is -3.72. The number of hydrogen-bond donors (Lipinski definition) is 4. The van der Waals surface area contributed by atoms with Crippen LogP contribution in [0.3, 0.4) is 0 Å². The maximum absolute atomic E-state index is 13.3. The van der Waals surface area contributed by atoms with E-state index in [9.17, 15) is 78.0 Å². The SMILES string of the molecule is O=C(O)[C@H](N1C(=O)c2c(Cl)c(Cl)c(Cl)c(Cl)c2C1=O)C12CC3CC(CC(C3)C1)C2.O=C(O)[C@H](N1C(=O)c2c(Cl)c(Cl)c(Cl)c(Cl)c2C1=O)C12CC3CC(CC(C3)C1)C2.O=C(O)[C@H](N1C(=O)c2c(Cl)c(Cl)c(Cl)c(Cl)c2C1=O)C12CC3CC(CC(C3)C1)C2.O=C(O)[C@H](N1C(=O)c2c(Cl)c(Cl)c(Cl)c(Cl)c2C1=O)C12CC3CC(CC(C3)C1)C2.[Rh].[Rh]. The largest absolute Gasteiger partial charge is 0.480 e. The van der Waals surface area contributed by atoms with Gasteiger partial charge in [0.1, 0.15) is 24.2 Å². The Balaban J connectivity index is 0.000000122. The number of halogens is 16. The Bertz CT molecular complexity index is 4280. The van der Waals surface area contributed by atoms with Crippen molar-refractivity contribution >= 4 is 257 Å². The molecule has 4 aromatic rings. The van der Waals surface area contributed by atoms with Gasteiger partial charge in [-0.1, -0.05) is 186 Å². The van der Waals surface area contributed by atoms with Crippen LogP contribution in [0.25, 0.3) is 0 Å². The van der Waals surface area contributed by atoms with E-state index in [0.717, 1.165) is 96.6 Å². The van der Waals surface area contributed by atoms with Crippen molar-refractivity contribution in [3.8, 4) is 0 Å². The van der Waals surface area contributed by atoms with Gasteiger partial charge in [0, 0.05) is 60.6 Å². The normalized spacial score (nSPS) is 32.8. The second-order valence-corrected chi connectivity index (χ2v) is 42.1. The minimum Gasteiger partial charge on any atom is -0.480 e. The van der Waals surface area contributed by atoms with Gasteiger partial charge >= 0.3 is 23.9 Å². The molecule has 4 aliphatic heterocycles. The van der Waals surface area contributed by atoms with Crippen LogP contribution in [0.5, 0.6) is 0 Å². The van der Waals surface area contributed by atoms with Crippen LogP contribution in [0.1, 0.15) is 237 Å². The van der Waals surface area contributed by atoms with E-state index >= 15 is 0 Å². The summed E-state index contributed by atoms with van der Waals surface area (Å²) >= 11 is 98.4. The number of aliphatic carboxylic acids is 4. The molecule has 0 saturated heterocycles. The summed E-state index contributed by atoms with van der Waals surface area (Å²) in [6, 6.07) is -5.03. The third-order valence-electron chi connectivity index (χ3n) is 29.2. The second-order valence-electron chi connectivity index (χ2n) is 36.0. The Kier molecular flexibility index (Phi) is 24.6. The molecule has 0 unspecified atom stereocenters. The molecule has 16 aliphatic carbocycles. The number of hydrogen-bond acceptors (Lipinski definition) is 12. The standard InChI is InChI=1S/4C20H17Cl4NO4.2Rh/c4*21-12-10-11(13(22)15(24)14(12)23)18(27)25(17(10)26)16(19(28)29)20-4-7-1-8(5-20)3-9(2-7)6-20;;/h4*7-9,16H,1-6H2,(H,28,29);;/t4*7?,8?,9?,16-,20?;;/m0000../s1. The first-order chi connectivity index (χ1) is 54.6. The topological polar surface area (TPSA) is 299 Å². The number of fused-ring (bicyclic) bond motifs is 4. The monoisotopic (exact) mass is 2110 g/mol. The summed E-state index contributed by atoms with van der Waals surface area (Å²) in [6.45, 7) is 0. The third-order valence-corrected chi connectivity index (χ3v) is 36.4. The Morgan fingerprint density at radius 1 is 0.212 bits per heavy atom. The summed E-state index contributed by atoms with van der Waals surface area (Å²) in [7, 11) is 0. The van der Waals surface area contributed by atoms with E-state index in [2.05, 4.69) is 0 Å². The third kappa shape index (κ3) is 13.8. The van der Waals surface area contributed by atoms with Crippen molar-refractivity contribution in [1.29, 1.82) is 0 Å². The van der Waals surface area contributed by atoms with Crippen molar-refractivity contribution < 1.29 is 117 Å². The molecular weight excluding hydrogens is 2050 g/mol. The molecule has 118 heavy (non-hydrogen) atoms. The average Bonchev–Trinajstić information content (AvgIpc) is 1.34. The maximum Gasteiger partial charge on any atom is 0.327 e. The van der Waals surface area contributed by atoms with Gasteiger partial charge < -0.3 is 20.4 Å². The molecule has 0 spiro atoms. The van der Waals surface area contributed by atoms with Gasteiger partial charge in [-0.05, 0) is 225 Å². The van der Waals surface area contributed by atoms with Gasteiger partial charge in [-0.2, -0.15) is 0 Å². The number of rotatable bonds is 12. The van der Waals surface area contributed by atoms with Crippen molar-refractivity contribution in [2.75, 3.05) is 0 Å². The summed E-state index contributed by atoms with van der Waals surface area (Å²) in [6.07, 6.45) is 21.9. The quantitative estimate of drug-likeness (QED) is 0.0443. The molecule has 634 valence electrons. The zero-order valence-electron chi connectivity index (χ0n) is 61.4. The number of carbonyl (C=O) groups excluding carboxylic acids is 8. The Morgan fingerprint density at radius 2 is 0.305 bits per heavy atom. The van der Waals surface area contributed by atoms with Gasteiger partial charge in [0.15, 0.2) is 0 Å². The van der Waals surface area contributed by atoms with E-state index in [-0.39, 0.29) is 164 Å². The van der Waals surface area contributed by atoms with Gasteiger partial charge in [0.2, 0.25) is 0 Å². The number of amides is 8. The van der Waals surface area contributed by atoms with E-state index in [1.54, 1.807) is 0 Å². The summed E-state index contributed by atoms with van der Waals surface area (Å²) in [5, 5.41) is 38.4. The van der Waals surface area contributed by atoms with E-state index in [1.165, 1.54) is 0 Å². The van der Waals surface area contributed by atoms with Crippen LogP contribution in [-0.2, 0) is 58.1 Å². The molecule has 20 nitrogen and oxygen atoms in total. The van der Waals surface area contributed by atoms with Crippen molar-refractivity contribution in [2.45, 2.75) is 178 Å². The molecule has 20 aliphatic rings. The first-order valence-electron chi connectivity index (χ1n) is 38.4. The first-order valence-corrected chi connectivity index (χ1v) is 44.5. The van der Waals surface area contributed by atoms with E-state index in [1.807, 2.05) is 0 Å². The summed E-state index contributed by atoms with van der Waals surface area (Å²) in [4.78, 5) is 160. The van der Waals surface area contributed by atoms with Crippen LogP contribution in [-0.4, -0.2) is 135 Å². The minimum atomic E-state index is -1.26. The van der Waals surface area contributed by atoms with Crippen LogP contribution < -0.4 is 0 Å². The van der Waals surface area contributed by atoms with Gasteiger partial charge in [-0.3, -0.25) is 58.0 Å². The Morgan fingerprint density at radius 3 is 0.390 bits per heavy atom. The molecule has 16 fully saturated rings. The zero-order valence-corrected chi connectivity index (χ0v) is 76.8. The zero-order chi connectivity index (χ0) is 83.3. The maximum atomic E-state index is 13.3. The van der Waals surface area contributed by atoms with Crippen molar-refractivity contribution in [1.82, 2.24) is 19.6 Å². The molecular formula is C80H68Cl16N4O16Rh2. The fourth-order valence-electron chi connectivity index (χ4n) is 27.0. The number of benzene rings is 4. The van der Waals surface area contributed by atoms with Gasteiger partial charge in [-0.25, -0.2) is 19.2 Å². The smallest absolute Gasteiger partial charge is 0.327 e. The number of carboxylic acid groups (broad SMARTS) is 4. The van der Waals surface area contributed by atoms with E-state index < -0.39 is 117 Å². The van der Waals surface area contributed by atoms with Crippen molar-refractivity contribution in [3.63, 3.8) is 0 Å². The predicted octanol–water partition coefficient (Wildman–Crippen LogP) is 22.3. The molecule has 0 aromatic heterocycles. The van der Waals surface area contributed by atoms with Crippen molar-refractivity contribution in [2.24, 2.45) is 92.7 Å². The summed E-state index contributed by atoms with van der Waals surface area (Å²) in [5.74, 6) is -5.38. The Labute approximate surface area is 781 Å². The fraction of sp³-hybridized carbons (Fsp3) is 0.550. The molecule has 8 amide bonds. The van der Waals surface area contributed by atoms with Crippen LogP contribution in [0.4, 0.5) is 0 Å². The number of nitrogens with zero attached hydrogens (tertiary/aromatic N) is 4. The molecule has 16 saturated carbocycles. The van der Waals surface area contributed by atoms with Gasteiger partial charge in [0.05, 0.1) is 125 Å². The first kappa shape index (κ1) is 90.0. The molecule has 4 heterocycles. The molecule has 4 atom stereocenters. The van der Waals surface area contributed by atoms with Crippen molar-refractivity contribution in [3.05, 3.63) is 125 Å². The van der Waals surface area contributed by atoms with Gasteiger partial charge in [-0.15, -0.1) is 0 Å². The molecule has 24 rings (SSSR count). The van der Waals surface area contributed by atoms with Crippen LogP contribution in [0.2, 0.25) is 80.4 Å². The average molecular weight is 2110 g/mol. The van der Waals surface area contributed by atoms with Crippen LogP contribution in [0, 0.1) is 92.7 Å². The number of imide groups is 4. The minimum absolute atomic E-state index is 0. The molecule has 2 radical (unpaired) electrons. The summed E-state index contributed by atoms with van der Waals surface area (Å²) < 4.78 is 0. The van der Waals surface area contributed by atoms with E-state index in [4.69, 9.17) is 186 Å². The van der Waals surface area contributed by atoms with Gasteiger partial charge in [0.25, 0.3) is 47.3 Å². The Hall–Kier alpha value is -2.79. The second kappa shape index (κ2) is 32.2.